The average Bonchev–Trinajstić information content (AvgIpc) is 3.36. The quantitative estimate of drug-likeness (QED) is 0.535. The van der Waals surface area contributed by atoms with Crippen LogP contribution in [0.25, 0.3) is 11.1 Å². The van der Waals surface area contributed by atoms with E-state index in [1.807, 2.05) is 36.4 Å². The van der Waals surface area contributed by atoms with E-state index in [0.29, 0.717) is 18.8 Å². The van der Waals surface area contributed by atoms with Crippen LogP contribution in [-0.4, -0.2) is 41.8 Å². The van der Waals surface area contributed by atoms with Gasteiger partial charge in [0, 0.05) is 18.4 Å². The first kappa shape index (κ1) is 23.0. The van der Waals surface area contributed by atoms with Crippen LogP contribution in [0.5, 0.6) is 0 Å². The predicted octanol–water partition coefficient (Wildman–Crippen LogP) is 3.53. The van der Waals surface area contributed by atoms with E-state index in [1.165, 1.54) is 0 Å². The number of hydrogen-bond acceptors (Lipinski definition) is 4. The van der Waals surface area contributed by atoms with E-state index < -0.39 is 18.1 Å². The number of hydrogen-bond donors (Lipinski definition) is 3. The lowest BCUT2D eigenvalue weighted by atomic mass is 9.71. The molecule has 3 aliphatic carbocycles. The number of carbonyl (C=O) groups is 3. The van der Waals surface area contributed by atoms with Crippen molar-refractivity contribution < 1.29 is 24.2 Å². The van der Waals surface area contributed by atoms with E-state index in [9.17, 15) is 19.5 Å². The summed E-state index contributed by atoms with van der Waals surface area (Å²) < 4.78 is 5.56. The normalized spacial score (nSPS) is 24.7. The van der Waals surface area contributed by atoms with Gasteiger partial charge in [-0.15, -0.1) is 12.3 Å². The molecule has 0 bridgehead atoms. The fourth-order valence-electron chi connectivity index (χ4n) is 5.99. The Morgan fingerprint density at radius 2 is 1.69 bits per heavy atom. The van der Waals surface area contributed by atoms with Gasteiger partial charge in [-0.25, -0.2) is 4.79 Å². The highest BCUT2D eigenvalue weighted by molar-refractivity contribution is 5.86. The van der Waals surface area contributed by atoms with Gasteiger partial charge in [-0.05, 0) is 53.4 Å². The lowest BCUT2D eigenvalue weighted by Gasteiger charge is -2.41. The number of carboxylic acid groups (broad SMARTS) is 1. The number of ether oxygens (including phenoxy) is 1. The number of amides is 2. The Balaban J connectivity index is 1.18. The van der Waals surface area contributed by atoms with Crippen molar-refractivity contribution in [3.05, 3.63) is 59.7 Å². The number of fused-ring (bicyclic) bond motifs is 4. The zero-order valence-electron chi connectivity index (χ0n) is 19.3. The van der Waals surface area contributed by atoms with Crippen LogP contribution in [-0.2, 0) is 14.3 Å². The predicted molar refractivity (Wildman–Crippen MR) is 129 cm³/mol. The smallest absolute Gasteiger partial charge is 0.407 e. The molecular formula is C28H28N2O5. The molecule has 2 saturated carbocycles. The topological polar surface area (TPSA) is 105 Å². The summed E-state index contributed by atoms with van der Waals surface area (Å²) in [6, 6.07) is 15.1. The highest BCUT2D eigenvalue weighted by atomic mass is 16.5. The summed E-state index contributed by atoms with van der Waals surface area (Å²) in [7, 11) is 0. The number of nitrogens with one attached hydrogen (secondary N) is 2. The molecule has 5 unspecified atom stereocenters. The molecule has 0 spiro atoms. The van der Waals surface area contributed by atoms with Crippen molar-refractivity contribution in [3.63, 3.8) is 0 Å². The molecular weight excluding hydrogens is 444 g/mol. The Morgan fingerprint density at radius 1 is 1.03 bits per heavy atom. The minimum atomic E-state index is -0.911. The van der Waals surface area contributed by atoms with Crippen molar-refractivity contribution in [1.82, 2.24) is 10.6 Å². The van der Waals surface area contributed by atoms with Crippen molar-refractivity contribution in [2.45, 2.75) is 43.7 Å². The van der Waals surface area contributed by atoms with Crippen molar-refractivity contribution >= 4 is 18.0 Å². The lowest BCUT2D eigenvalue weighted by Crippen LogP contribution is -2.56. The van der Waals surface area contributed by atoms with Gasteiger partial charge >= 0.3 is 12.1 Å². The van der Waals surface area contributed by atoms with E-state index >= 15 is 0 Å². The molecule has 7 nitrogen and oxygen atoms in total. The number of carboxylic acids is 1. The number of alkyl carbamates (subject to hydrolysis) is 1. The van der Waals surface area contributed by atoms with Gasteiger partial charge in [0.05, 0.1) is 5.92 Å². The summed E-state index contributed by atoms with van der Waals surface area (Å²) in [6.45, 7) is 0.146. The Morgan fingerprint density at radius 3 is 2.31 bits per heavy atom. The zero-order valence-corrected chi connectivity index (χ0v) is 19.3. The molecule has 0 heterocycles. The number of carbonyl (C=O) groups excluding carboxylic acids is 2. The molecule has 180 valence electrons. The van der Waals surface area contributed by atoms with Gasteiger partial charge in [-0.1, -0.05) is 48.5 Å². The number of rotatable bonds is 7. The van der Waals surface area contributed by atoms with E-state index in [-0.39, 0.29) is 42.7 Å². The molecule has 0 saturated heterocycles. The van der Waals surface area contributed by atoms with Crippen LogP contribution in [0.3, 0.4) is 0 Å². The van der Waals surface area contributed by atoms with Gasteiger partial charge in [0.15, 0.2) is 0 Å². The van der Waals surface area contributed by atoms with E-state index in [1.54, 1.807) is 0 Å². The minimum absolute atomic E-state index is 0.0363. The third-order valence-electron chi connectivity index (χ3n) is 7.77. The largest absolute Gasteiger partial charge is 0.481 e. The van der Waals surface area contributed by atoms with Gasteiger partial charge < -0.3 is 20.5 Å². The summed E-state index contributed by atoms with van der Waals surface area (Å²) in [6.07, 6.45) is 6.79. The second-order valence-corrected chi connectivity index (χ2v) is 9.71. The van der Waals surface area contributed by atoms with Crippen molar-refractivity contribution in [2.75, 3.05) is 6.61 Å². The van der Waals surface area contributed by atoms with Gasteiger partial charge in [-0.2, -0.15) is 0 Å². The summed E-state index contributed by atoms with van der Waals surface area (Å²) in [5.41, 5.74) is 4.49. The molecule has 35 heavy (non-hydrogen) atoms. The Labute approximate surface area is 204 Å². The number of terminal acetylenes is 1. The average molecular weight is 473 g/mol. The van der Waals surface area contributed by atoms with Gasteiger partial charge in [-0.3, -0.25) is 9.59 Å². The highest BCUT2D eigenvalue weighted by Crippen LogP contribution is 2.49. The monoisotopic (exact) mass is 472 g/mol. The van der Waals surface area contributed by atoms with Crippen molar-refractivity contribution in [2.24, 2.45) is 17.8 Å². The van der Waals surface area contributed by atoms with E-state index in [4.69, 9.17) is 11.2 Å². The second kappa shape index (κ2) is 9.46. The fraction of sp³-hybridized carbons (Fsp3) is 0.393. The Bertz CT molecular complexity index is 1160. The van der Waals surface area contributed by atoms with Gasteiger partial charge in [0.1, 0.15) is 12.6 Å². The maximum Gasteiger partial charge on any atom is 0.407 e. The molecule has 2 aromatic carbocycles. The molecule has 7 heteroatoms. The van der Waals surface area contributed by atoms with E-state index in [0.717, 1.165) is 28.7 Å². The van der Waals surface area contributed by atoms with Gasteiger partial charge in [0.2, 0.25) is 5.91 Å². The Hall–Kier alpha value is -3.79. The molecule has 0 aromatic heterocycles. The third-order valence-corrected chi connectivity index (χ3v) is 7.77. The number of aliphatic carboxylic acids is 1. The van der Waals surface area contributed by atoms with Crippen LogP contribution < -0.4 is 10.6 Å². The summed E-state index contributed by atoms with van der Waals surface area (Å²) >= 11 is 0. The molecule has 2 fully saturated rings. The van der Waals surface area contributed by atoms with Crippen LogP contribution in [0.15, 0.2) is 48.5 Å². The summed E-state index contributed by atoms with van der Waals surface area (Å²) in [4.78, 5) is 36.8. The first-order valence-corrected chi connectivity index (χ1v) is 12.0. The maximum absolute atomic E-state index is 12.9. The molecule has 0 radical (unpaired) electrons. The summed E-state index contributed by atoms with van der Waals surface area (Å²) in [5, 5.41) is 14.9. The fourth-order valence-corrected chi connectivity index (χ4v) is 5.99. The zero-order chi connectivity index (χ0) is 24.5. The van der Waals surface area contributed by atoms with Crippen LogP contribution in [0.4, 0.5) is 4.79 Å². The molecule has 5 atom stereocenters. The van der Waals surface area contributed by atoms with Crippen LogP contribution >= 0.6 is 0 Å². The molecule has 3 N–H and O–H groups in total. The molecule has 3 aliphatic rings. The highest BCUT2D eigenvalue weighted by Gasteiger charge is 2.50. The van der Waals surface area contributed by atoms with E-state index in [2.05, 4.69) is 28.7 Å². The third kappa shape index (κ3) is 4.37. The number of benzene rings is 2. The standard InChI is InChI=1S/C28H28N2O5/c1-2-7-24(26(31)29-25-14-16-12-17(27(32)33)13-22(16)25)30-28(34)35-15-23-20-10-5-3-8-18(20)19-9-4-6-11-21(19)23/h1,3-6,8-11,16-17,22-25H,7,12-15H2,(H,29,31)(H,30,34)(H,32,33). The Kier molecular flexibility index (Phi) is 6.21. The molecule has 2 aromatic rings. The van der Waals surface area contributed by atoms with Crippen molar-refractivity contribution in [3.8, 4) is 23.5 Å². The summed E-state index contributed by atoms with van der Waals surface area (Å²) in [5.74, 6) is 1.40. The first-order valence-electron chi connectivity index (χ1n) is 12.0. The molecule has 2 amide bonds. The van der Waals surface area contributed by atoms with Crippen LogP contribution in [0.1, 0.15) is 42.7 Å². The molecule has 0 aliphatic heterocycles. The minimum Gasteiger partial charge on any atom is -0.481 e. The second-order valence-electron chi connectivity index (χ2n) is 9.71. The lowest BCUT2D eigenvalue weighted by molar-refractivity contribution is -0.141. The van der Waals surface area contributed by atoms with Crippen molar-refractivity contribution in [1.29, 1.82) is 0 Å². The van der Waals surface area contributed by atoms with Gasteiger partial charge in [0.25, 0.3) is 0 Å². The molecule has 5 rings (SSSR count). The van der Waals surface area contributed by atoms with Crippen LogP contribution in [0, 0.1) is 30.1 Å². The SMILES string of the molecule is C#CCC(NC(=O)OCC1c2ccccc2-c2ccccc21)C(=O)NC1CC2CC(C(=O)O)CC21. The first-order chi connectivity index (χ1) is 17.0. The van der Waals surface area contributed by atoms with Crippen LogP contribution in [0.2, 0.25) is 0 Å². The maximum atomic E-state index is 12.9.